The van der Waals surface area contributed by atoms with Gasteiger partial charge in [-0.3, -0.25) is 14.5 Å². The van der Waals surface area contributed by atoms with Crippen LogP contribution in [0.3, 0.4) is 0 Å². The average molecular weight is 358 g/mol. The number of aromatic nitrogens is 2. The molecule has 0 atom stereocenters. The Hall–Kier alpha value is -2.25. The summed E-state index contributed by atoms with van der Waals surface area (Å²) in [5, 5.41) is 3.36. The number of amides is 1. The van der Waals surface area contributed by atoms with Crippen LogP contribution in [-0.4, -0.2) is 59.8 Å². The van der Waals surface area contributed by atoms with Gasteiger partial charge in [-0.15, -0.1) is 0 Å². The highest BCUT2D eigenvalue weighted by Crippen LogP contribution is 2.11. The van der Waals surface area contributed by atoms with Gasteiger partial charge < -0.3 is 14.6 Å². The summed E-state index contributed by atoms with van der Waals surface area (Å²) in [6.07, 6.45) is 2.47. The van der Waals surface area contributed by atoms with E-state index in [2.05, 4.69) is 15.2 Å². The van der Waals surface area contributed by atoms with Crippen LogP contribution >= 0.6 is 0 Å². The Morgan fingerprint density at radius 2 is 2.08 bits per heavy atom. The number of hydrogen-bond donors (Lipinski definition) is 1. The van der Waals surface area contributed by atoms with Crippen LogP contribution in [0.4, 0.5) is 0 Å². The molecule has 1 amide bonds. The predicted molar refractivity (Wildman–Crippen MR) is 101 cm³/mol. The number of carbonyl (C=O) groups is 1. The smallest absolute Gasteiger partial charge is 0.256 e. The van der Waals surface area contributed by atoms with Gasteiger partial charge in [0.2, 0.25) is 5.43 Å². The monoisotopic (exact) mass is 358 g/mol. The zero-order valence-corrected chi connectivity index (χ0v) is 15.5. The minimum atomic E-state index is -0.318. The lowest BCUT2D eigenvalue weighted by molar-refractivity contribution is 0.0374. The summed E-state index contributed by atoms with van der Waals surface area (Å²) in [7, 11) is 0. The quantitative estimate of drug-likeness (QED) is 0.785. The largest absolute Gasteiger partial charge is 0.379 e. The molecule has 2 aromatic heterocycles. The molecule has 0 saturated carbocycles. The first-order chi connectivity index (χ1) is 12.6. The molecule has 0 radical (unpaired) electrons. The van der Waals surface area contributed by atoms with Crippen LogP contribution in [0.25, 0.3) is 11.0 Å². The van der Waals surface area contributed by atoms with E-state index in [1.165, 1.54) is 0 Å². The van der Waals surface area contributed by atoms with E-state index in [0.29, 0.717) is 24.1 Å². The molecule has 1 aliphatic heterocycles. The highest BCUT2D eigenvalue weighted by Gasteiger charge is 2.16. The molecule has 0 bridgehead atoms. The van der Waals surface area contributed by atoms with Crippen LogP contribution in [0.15, 0.2) is 23.1 Å². The lowest BCUT2D eigenvalue weighted by atomic mass is 10.1. The molecule has 0 unspecified atom stereocenters. The van der Waals surface area contributed by atoms with Crippen LogP contribution in [-0.2, 0) is 11.3 Å². The molecule has 1 saturated heterocycles. The summed E-state index contributed by atoms with van der Waals surface area (Å²) >= 11 is 0. The molecule has 0 spiro atoms. The maximum absolute atomic E-state index is 12.7. The predicted octanol–water partition coefficient (Wildman–Crippen LogP) is 1.18. The van der Waals surface area contributed by atoms with Crippen molar-refractivity contribution in [1.29, 1.82) is 0 Å². The number of aryl methyl sites for hydroxylation is 2. The summed E-state index contributed by atoms with van der Waals surface area (Å²) in [4.78, 5) is 32.0. The lowest BCUT2D eigenvalue weighted by Crippen LogP contribution is -2.38. The molecule has 1 aliphatic rings. The van der Waals surface area contributed by atoms with Gasteiger partial charge in [0.15, 0.2) is 0 Å². The minimum absolute atomic E-state index is 0.177. The highest BCUT2D eigenvalue weighted by atomic mass is 16.5. The fraction of sp³-hybridized carbons (Fsp3) is 0.526. The number of fused-ring (bicyclic) bond motifs is 1. The molecule has 3 heterocycles. The summed E-state index contributed by atoms with van der Waals surface area (Å²) in [6, 6.07) is 3.55. The third-order valence-corrected chi connectivity index (χ3v) is 4.69. The van der Waals surface area contributed by atoms with Gasteiger partial charge in [0.25, 0.3) is 5.91 Å². The van der Waals surface area contributed by atoms with E-state index in [1.54, 1.807) is 18.3 Å². The molecule has 140 valence electrons. The SMILES string of the molecule is CCn1cc(C(=O)NCCCN2CCOCC2)c(=O)c2ccc(C)nc21. The van der Waals surface area contributed by atoms with Gasteiger partial charge >= 0.3 is 0 Å². The number of morpholine rings is 1. The topological polar surface area (TPSA) is 76.5 Å². The van der Waals surface area contributed by atoms with E-state index in [4.69, 9.17) is 4.74 Å². The molecule has 1 fully saturated rings. The highest BCUT2D eigenvalue weighted by molar-refractivity contribution is 5.96. The van der Waals surface area contributed by atoms with E-state index >= 15 is 0 Å². The molecule has 7 nitrogen and oxygen atoms in total. The zero-order valence-electron chi connectivity index (χ0n) is 15.5. The summed E-state index contributed by atoms with van der Waals surface area (Å²) in [5.41, 5.74) is 1.39. The molecule has 2 aromatic rings. The molecule has 3 rings (SSSR count). The normalized spacial score (nSPS) is 15.3. The zero-order chi connectivity index (χ0) is 18.5. The van der Waals surface area contributed by atoms with Crippen LogP contribution < -0.4 is 10.7 Å². The van der Waals surface area contributed by atoms with Crippen molar-refractivity contribution in [2.24, 2.45) is 0 Å². The van der Waals surface area contributed by atoms with Gasteiger partial charge in [0.1, 0.15) is 11.2 Å². The van der Waals surface area contributed by atoms with Crippen LogP contribution in [0, 0.1) is 6.92 Å². The van der Waals surface area contributed by atoms with Gasteiger partial charge in [-0.25, -0.2) is 4.98 Å². The van der Waals surface area contributed by atoms with Gasteiger partial charge in [0.05, 0.1) is 18.6 Å². The number of nitrogens with one attached hydrogen (secondary N) is 1. The Morgan fingerprint density at radius 3 is 2.81 bits per heavy atom. The number of hydrogen-bond acceptors (Lipinski definition) is 5. The Balaban J connectivity index is 1.68. The lowest BCUT2D eigenvalue weighted by Gasteiger charge is -2.26. The second-order valence-electron chi connectivity index (χ2n) is 6.55. The van der Waals surface area contributed by atoms with Gasteiger partial charge in [0, 0.05) is 38.1 Å². The van der Waals surface area contributed by atoms with E-state index in [0.717, 1.165) is 45.0 Å². The minimum Gasteiger partial charge on any atom is -0.379 e. The van der Waals surface area contributed by atoms with E-state index in [-0.39, 0.29) is 16.9 Å². The molecular weight excluding hydrogens is 332 g/mol. The molecule has 0 aliphatic carbocycles. The summed E-state index contributed by atoms with van der Waals surface area (Å²) in [6.45, 7) is 9.39. The van der Waals surface area contributed by atoms with Crippen molar-refractivity contribution in [3.8, 4) is 0 Å². The third-order valence-electron chi connectivity index (χ3n) is 4.69. The first kappa shape index (κ1) is 18.5. The Kier molecular flexibility index (Phi) is 6.00. The molecule has 7 heteroatoms. The molecule has 1 N–H and O–H groups in total. The molecule has 0 aromatic carbocycles. The fourth-order valence-corrected chi connectivity index (χ4v) is 3.19. The third kappa shape index (κ3) is 4.11. The van der Waals surface area contributed by atoms with Crippen molar-refractivity contribution in [3.63, 3.8) is 0 Å². The second-order valence-corrected chi connectivity index (χ2v) is 6.55. The maximum Gasteiger partial charge on any atom is 0.256 e. The number of rotatable bonds is 6. The number of pyridine rings is 2. The van der Waals surface area contributed by atoms with Crippen molar-refractivity contribution < 1.29 is 9.53 Å². The summed E-state index contributed by atoms with van der Waals surface area (Å²) < 4.78 is 7.18. The van der Waals surface area contributed by atoms with Crippen molar-refractivity contribution in [1.82, 2.24) is 19.8 Å². The number of nitrogens with zero attached hydrogens (tertiary/aromatic N) is 3. The summed E-state index contributed by atoms with van der Waals surface area (Å²) in [5.74, 6) is -0.318. The molecule has 26 heavy (non-hydrogen) atoms. The second kappa shape index (κ2) is 8.42. The van der Waals surface area contributed by atoms with Gasteiger partial charge in [-0.05, 0) is 38.9 Å². The number of ether oxygens (including phenoxy) is 1. The maximum atomic E-state index is 12.7. The Bertz CT molecular complexity index is 841. The van der Waals surface area contributed by atoms with Crippen LogP contribution in [0.2, 0.25) is 0 Å². The first-order valence-electron chi connectivity index (χ1n) is 9.19. The van der Waals surface area contributed by atoms with E-state index in [9.17, 15) is 9.59 Å². The van der Waals surface area contributed by atoms with Gasteiger partial charge in [-0.2, -0.15) is 0 Å². The van der Waals surface area contributed by atoms with E-state index < -0.39 is 0 Å². The van der Waals surface area contributed by atoms with Crippen molar-refractivity contribution in [2.75, 3.05) is 39.4 Å². The van der Waals surface area contributed by atoms with Gasteiger partial charge in [-0.1, -0.05) is 0 Å². The van der Waals surface area contributed by atoms with Crippen molar-refractivity contribution in [3.05, 3.63) is 39.8 Å². The van der Waals surface area contributed by atoms with Crippen molar-refractivity contribution in [2.45, 2.75) is 26.8 Å². The average Bonchev–Trinajstić information content (AvgIpc) is 2.66. The Labute approximate surface area is 153 Å². The van der Waals surface area contributed by atoms with Crippen LogP contribution in [0.1, 0.15) is 29.4 Å². The Morgan fingerprint density at radius 1 is 1.31 bits per heavy atom. The van der Waals surface area contributed by atoms with Crippen LogP contribution in [0.5, 0.6) is 0 Å². The standard InChI is InChI=1S/C19H26N4O3/c1-3-23-13-16(17(24)15-6-5-14(2)21-18(15)23)19(25)20-7-4-8-22-9-11-26-12-10-22/h5-6,13H,3-4,7-12H2,1-2H3,(H,20,25). The number of carbonyl (C=O) groups excluding carboxylic acids is 1. The molecular formula is C19H26N4O3. The van der Waals surface area contributed by atoms with Crippen molar-refractivity contribution >= 4 is 16.9 Å². The first-order valence-corrected chi connectivity index (χ1v) is 9.19. The fourth-order valence-electron chi connectivity index (χ4n) is 3.19. The van der Waals surface area contributed by atoms with E-state index in [1.807, 2.05) is 18.4 Å².